The second-order valence-electron chi connectivity index (χ2n) is 5.18. The molecule has 2 amide bonds. The number of ether oxygens (including phenoxy) is 1. The number of thioether (sulfide) groups is 1. The number of fused-ring (bicyclic) bond motifs is 1. The van der Waals surface area contributed by atoms with Crippen LogP contribution in [-0.2, 0) is 14.3 Å². The Kier molecular flexibility index (Phi) is 6.90. The number of carbonyl (C=O) groups is 3. The van der Waals surface area contributed by atoms with Gasteiger partial charge in [0.25, 0.3) is 5.91 Å². The first-order chi connectivity index (χ1) is 13.5. The molecular weight excluding hydrogens is 422 g/mol. The molecule has 0 radical (unpaired) electrons. The van der Waals surface area contributed by atoms with Gasteiger partial charge in [0.05, 0.1) is 22.6 Å². The summed E-state index contributed by atoms with van der Waals surface area (Å²) < 4.78 is 6.17. The summed E-state index contributed by atoms with van der Waals surface area (Å²) in [6.07, 6.45) is 0. The smallest absolute Gasteiger partial charge is 0.325 e. The highest BCUT2D eigenvalue weighted by Crippen LogP contribution is 2.27. The molecule has 28 heavy (non-hydrogen) atoms. The monoisotopic (exact) mass is 437 g/mol. The van der Waals surface area contributed by atoms with Crippen LogP contribution in [0, 0.1) is 0 Å². The summed E-state index contributed by atoms with van der Waals surface area (Å²) in [6.45, 7) is 1.78. The molecule has 0 aliphatic rings. The summed E-state index contributed by atoms with van der Waals surface area (Å²) in [5.41, 5.74) is 0.764. The number of hydrogen-bond donors (Lipinski definition) is 2. The van der Waals surface area contributed by atoms with Crippen molar-refractivity contribution in [3.8, 4) is 0 Å². The van der Waals surface area contributed by atoms with E-state index in [0.717, 1.165) is 33.3 Å². The molecule has 0 saturated heterocycles. The van der Waals surface area contributed by atoms with E-state index < -0.39 is 5.97 Å². The van der Waals surface area contributed by atoms with Gasteiger partial charge in [-0.3, -0.25) is 19.7 Å². The van der Waals surface area contributed by atoms with Gasteiger partial charge < -0.3 is 10.1 Å². The van der Waals surface area contributed by atoms with Crippen LogP contribution in [0.5, 0.6) is 0 Å². The van der Waals surface area contributed by atoms with Crippen LogP contribution >= 0.6 is 34.4 Å². The van der Waals surface area contributed by atoms with Crippen molar-refractivity contribution in [2.45, 2.75) is 11.3 Å². The molecule has 1 aromatic carbocycles. The molecule has 0 spiro atoms. The quantitative estimate of drug-likeness (QED) is 0.312. The first kappa shape index (κ1) is 20.2. The Morgan fingerprint density at radius 3 is 2.79 bits per heavy atom. The van der Waals surface area contributed by atoms with Gasteiger partial charge in [0.2, 0.25) is 11.0 Å². The summed E-state index contributed by atoms with van der Waals surface area (Å²) in [6, 6.07) is 7.49. The Bertz CT molecular complexity index is 970. The third kappa shape index (κ3) is 5.47. The van der Waals surface area contributed by atoms with Crippen LogP contribution in [0.3, 0.4) is 0 Å². The zero-order valence-corrected chi connectivity index (χ0v) is 17.1. The Hall–Kier alpha value is -2.57. The maximum absolute atomic E-state index is 12.3. The van der Waals surface area contributed by atoms with Gasteiger partial charge in [-0.05, 0) is 19.1 Å². The molecule has 0 bridgehead atoms. The Labute approximate surface area is 171 Å². The van der Waals surface area contributed by atoms with Gasteiger partial charge in [-0.1, -0.05) is 35.2 Å². The highest BCUT2D eigenvalue weighted by molar-refractivity contribution is 8.01. The van der Waals surface area contributed by atoms with E-state index in [1.807, 2.05) is 24.3 Å². The minimum Gasteiger partial charge on any atom is -0.465 e. The fourth-order valence-corrected chi connectivity index (χ4v) is 4.44. The molecule has 2 aromatic heterocycles. The number of anilines is 1. The fourth-order valence-electron chi connectivity index (χ4n) is 2.00. The maximum Gasteiger partial charge on any atom is 0.325 e. The molecule has 0 atom stereocenters. The number of esters is 1. The van der Waals surface area contributed by atoms with Crippen molar-refractivity contribution in [3.05, 3.63) is 29.3 Å². The lowest BCUT2D eigenvalue weighted by molar-refractivity contribution is -0.143. The average Bonchev–Trinajstić information content (AvgIpc) is 3.31. The largest absolute Gasteiger partial charge is 0.465 e. The lowest BCUT2D eigenvalue weighted by Crippen LogP contribution is -2.31. The molecule has 12 heteroatoms. The number of aromatic nitrogens is 3. The summed E-state index contributed by atoms with van der Waals surface area (Å²) in [5, 5.41) is 13.6. The third-order valence-corrected chi connectivity index (χ3v) is 6.18. The summed E-state index contributed by atoms with van der Waals surface area (Å²) >= 11 is 3.60. The SMILES string of the molecule is CCOC(=O)CNC(=O)CSc1nnc(NC(=O)c2nc3ccccc3s2)s1. The summed E-state index contributed by atoms with van der Waals surface area (Å²) in [4.78, 5) is 39.5. The predicted molar refractivity (Wildman–Crippen MR) is 108 cm³/mol. The number of para-hydroxylation sites is 1. The second kappa shape index (κ2) is 9.57. The molecule has 3 aromatic rings. The van der Waals surface area contributed by atoms with Crippen LogP contribution in [0.4, 0.5) is 5.13 Å². The zero-order valence-electron chi connectivity index (χ0n) is 14.6. The number of nitrogens with zero attached hydrogens (tertiary/aromatic N) is 3. The molecule has 3 rings (SSSR count). The van der Waals surface area contributed by atoms with E-state index in [4.69, 9.17) is 4.74 Å². The van der Waals surface area contributed by atoms with Crippen molar-refractivity contribution >= 4 is 67.6 Å². The molecule has 0 saturated carbocycles. The number of hydrogen-bond acceptors (Lipinski definition) is 10. The highest BCUT2D eigenvalue weighted by atomic mass is 32.2. The van der Waals surface area contributed by atoms with E-state index in [0.29, 0.717) is 14.5 Å². The number of amides is 2. The van der Waals surface area contributed by atoms with Crippen molar-refractivity contribution in [1.82, 2.24) is 20.5 Å². The number of thiazole rings is 1. The van der Waals surface area contributed by atoms with Crippen molar-refractivity contribution in [3.63, 3.8) is 0 Å². The molecule has 0 aliphatic heterocycles. The van der Waals surface area contributed by atoms with Gasteiger partial charge in [0, 0.05) is 0 Å². The van der Waals surface area contributed by atoms with Gasteiger partial charge in [0.1, 0.15) is 6.54 Å². The Morgan fingerprint density at radius 2 is 2.00 bits per heavy atom. The van der Waals surface area contributed by atoms with E-state index in [1.165, 1.54) is 11.3 Å². The van der Waals surface area contributed by atoms with Crippen LogP contribution in [0.15, 0.2) is 28.6 Å². The molecular formula is C16H15N5O4S3. The van der Waals surface area contributed by atoms with Crippen LogP contribution < -0.4 is 10.6 Å². The normalized spacial score (nSPS) is 10.6. The van der Waals surface area contributed by atoms with Crippen LogP contribution in [0.2, 0.25) is 0 Å². The first-order valence-electron chi connectivity index (χ1n) is 8.10. The highest BCUT2D eigenvalue weighted by Gasteiger charge is 2.15. The number of benzene rings is 1. The van der Waals surface area contributed by atoms with E-state index in [-0.39, 0.29) is 30.7 Å². The Morgan fingerprint density at radius 1 is 1.18 bits per heavy atom. The number of carbonyl (C=O) groups excluding carboxylic acids is 3. The van der Waals surface area contributed by atoms with Crippen molar-refractivity contribution in [1.29, 1.82) is 0 Å². The van der Waals surface area contributed by atoms with Gasteiger partial charge in [-0.2, -0.15) is 0 Å². The molecule has 146 valence electrons. The number of nitrogens with one attached hydrogen (secondary N) is 2. The van der Waals surface area contributed by atoms with Crippen molar-refractivity contribution in [2.24, 2.45) is 0 Å². The molecule has 2 heterocycles. The van der Waals surface area contributed by atoms with E-state index in [2.05, 4.69) is 25.8 Å². The first-order valence-corrected chi connectivity index (χ1v) is 10.7. The van der Waals surface area contributed by atoms with Crippen LogP contribution in [-0.4, -0.2) is 51.9 Å². The maximum atomic E-state index is 12.3. The fraction of sp³-hybridized carbons (Fsp3) is 0.250. The molecule has 0 unspecified atom stereocenters. The molecule has 0 aliphatic carbocycles. The van der Waals surface area contributed by atoms with E-state index in [1.54, 1.807) is 6.92 Å². The van der Waals surface area contributed by atoms with Gasteiger partial charge in [0.15, 0.2) is 9.35 Å². The standard InChI is InChI=1S/C16H15N5O4S3/c1-2-25-12(23)7-17-11(22)8-26-16-21-20-15(28-16)19-13(24)14-18-9-5-3-4-6-10(9)27-14/h3-6H,2,7-8H2,1H3,(H,17,22)(H,19,20,24). The van der Waals surface area contributed by atoms with Crippen molar-refractivity contribution < 1.29 is 19.1 Å². The predicted octanol–water partition coefficient (Wildman–Crippen LogP) is 2.17. The average molecular weight is 438 g/mol. The lowest BCUT2D eigenvalue weighted by Gasteiger charge is -2.03. The topological polar surface area (TPSA) is 123 Å². The van der Waals surface area contributed by atoms with Crippen LogP contribution in [0.25, 0.3) is 10.2 Å². The van der Waals surface area contributed by atoms with E-state index in [9.17, 15) is 14.4 Å². The third-order valence-electron chi connectivity index (χ3n) is 3.18. The van der Waals surface area contributed by atoms with Gasteiger partial charge in [-0.25, -0.2) is 4.98 Å². The zero-order chi connectivity index (χ0) is 19.9. The van der Waals surface area contributed by atoms with E-state index >= 15 is 0 Å². The minimum atomic E-state index is -0.489. The van der Waals surface area contributed by atoms with Gasteiger partial charge in [-0.15, -0.1) is 21.5 Å². The molecule has 0 fully saturated rings. The summed E-state index contributed by atoms with van der Waals surface area (Å²) in [5.74, 6) is -1.11. The molecule has 2 N–H and O–H groups in total. The van der Waals surface area contributed by atoms with Crippen LogP contribution in [0.1, 0.15) is 16.7 Å². The minimum absolute atomic E-state index is 0.0693. The second-order valence-corrected chi connectivity index (χ2v) is 8.42. The van der Waals surface area contributed by atoms with Crippen molar-refractivity contribution in [2.75, 3.05) is 24.2 Å². The molecule has 9 nitrogen and oxygen atoms in total. The summed E-state index contributed by atoms with van der Waals surface area (Å²) in [7, 11) is 0. The number of rotatable bonds is 8. The lowest BCUT2D eigenvalue weighted by atomic mass is 10.3. The Balaban J connectivity index is 1.49. The van der Waals surface area contributed by atoms with Gasteiger partial charge >= 0.3 is 5.97 Å².